The van der Waals surface area contributed by atoms with Crippen molar-refractivity contribution in [2.75, 3.05) is 6.61 Å². The van der Waals surface area contributed by atoms with Crippen molar-refractivity contribution < 1.29 is 4.74 Å². The molecule has 0 saturated carbocycles. The Morgan fingerprint density at radius 1 is 0.571 bits per heavy atom. The maximum atomic E-state index is 6.46. The second-order valence-corrected chi connectivity index (χ2v) is 12.6. The van der Waals surface area contributed by atoms with Crippen molar-refractivity contribution in [1.82, 2.24) is 0 Å². The van der Waals surface area contributed by atoms with Gasteiger partial charge in [-0.15, -0.1) is 11.3 Å². The van der Waals surface area contributed by atoms with E-state index in [4.69, 9.17) is 4.74 Å². The third-order valence-electron chi connectivity index (χ3n) is 9.22. The van der Waals surface area contributed by atoms with E-state index >= 15 is 0 Å². The Hall–Kier alpha value is -4.66. The Labute approximate surface area is 249 Å². The van der Waals surface area contributed by atoms with Crippen molar-refractivity contribution >= 4 is 31.5 Å². The van der Waals surface area contributed by atoms with Gasteiger partial charge in [0.2, 0.25) is 0 Å². The first-order valence-corrected chi connectivity index (χ1v) is 15.6. The quantitative estimate of drug-likeness (QED) is 0.206. The van der Waals surface area contributed by atoms with Crippen LogP contribution in [0.25, 0.3) is 53.6 Å². The summed E-state index contributed by atoms with van der Waals surface area (Å²) in [6.45, 7) is 0.685. The maximum absolute atomic E-state index is 6.46. The molecule has 1 aliphatic heterocycles. The molecule has 2 aliphatic rings. The molecule has 1 unspecified atom stereocenters. The average Bonchev–Trinajstić information content (AvgIpc) is 3.33. The van der Waals surface area contributed by atoms with Crippen LogP contribution in [0.2, 0.25) is 0 Å². The highest BCUT2D eigenvalue weighted by atomic mass is 32.1. The van der Waals surface area contributed by atoms with E-state index in [1.54, 1.807) is 0 Å². The van der Waals surface area contributed by atoms with Crippen LogP contribution in [-0.2, 0) is 12.8 Å². The average molecular weight is 557 g/mol. The second kappa shape index (κ2) is 9.44. The summed E-state index contributed by atoms with van der Waals surface area (Å²) in [5.74, 6) is 1.34. The molecule has 1 aromatic heterocycles. The van der Waals surface area contributed by atoms with Gasteiger partial charge >= 0.3 is 0 Å². The Morgan fingerprint density at radius 2 is 1.33 bits per heavy atom. The molecule has 1 nitrogen and oxygen atoms in total. The Bertz CT molecular complexity index is 2170. The summed E-state index contributed by atoms with van der Waals surface area (Å²) in [4.78, 5) is 0. The molecule has 0 saturated heterocycles. The number of ether oxygens (including phenoxy) is 1. The van der Waals surface area contributed by atoms with E-state index in [0.717, 1.165) is 18.6 Å². The van der Waals surface area contributed by atoms with Crippen LogP contribution in [0.5, 0.6) is 5.75 Å². The molecular formula is C40H28OS. The van der Waals surface area contributed by atoms with Crippen LogP contribution >= 0.6 is 11.3 Å². The minimum atomic E-state index is 0.356. The van der Waals surface area contributed by atoms with Gasteiger partial charge in [-0.05, 0) is 68.6 Å². The molecule has 200 valence electrons. The molecule has 2 heterocycles. The minimum Gasteiger partial charge on any atom is -0.493 e. The zero-order chi connectivity index (χ0) is 27.6. The highest BCUT2D eigenvalue weighted by Gasteiger charge is 2.27. The zero-order valence-corrected chi connectivity index (χ0v) is 24.0. The van der Waals surface area contributed by atoms with Crippen molar-refractivity contribution in [3.8, 4) is 39.1 Å². The van der Waals surface area contributed by atoms with Gasteiger partial charge in [-0.1, -0.05) is 115 Å². The predicted molar refractivity (Wildman–Crippen MR) is 177 cm³/mol. The maximum Gasteiger partial charge on any atom is 0.127 e. The molecule has 6 aromatic carbocycles. The second-order valence-electron chi connectivity index (χ2n) is 11.5. The number of hydrogen-bond donors (Lipinski definition) is 0. The normalized spacial score (nSPS) is 15.3. The van der Waals surface area contributed by atoms with Crippen LogP contribution < -0.4 is 4.74 Å². The van der Waals surface area contributed by atoms with Crippen LogP contribution in [0.15, 0.2) is 127 Å². The number of rotatable bonds is 2. The van der Waals surface area contributed by atoms with E-state index in [-0.39, 0.29) is 0 Å². The third kappa shape index (κ3) is 3.69. The van der Waals surface area contributed by atoms with Gasteiger partial charge in [0, 0.05) is 38.1 Å². The van der Waals surface area contributed by atoms with Crippen molar-refractivity contribution in [2.45, 2.75) is 18.8 Å². The first-order valence-electron chi connectivity index (χ1n) is 14.8. The highest BCUT2D eigenvalue weighted by Crippen LogP contribution is 2.46. The van der Waals surface area contributed by atoms with Gasteiger partial charge in [0.05, 0.1) is 6.61 Å². The van der Waals surface area contributed by atoms with Crippen molar-refractivity contribution in [1.29, 1.82) is 0 Å². The monoisotopic (exact) mass is 556 g/mol. The Kier molecular flexibility index (Phi) is 5.39. The summed E-state index contributed by atoms with van der Waals surface area (Å²) < 4.78 is 9.13. The van der Waals surface area contributed by atoms with Crippen LogP contribution in [0.4, 0.5) is 0 Å². The van der Waals surface area contributed by atoms with Crippen LogP contribution in [0.1, 0.15) is 28.2 Å². The van der Waals surface area contributed by atoms with E-state index < -0.39 is 0 Å². The molecule has 7 aromatic rings. The van der Waals surface area contributed by atoms with Crippen molar-refractivity contribution in [3.63, 3.8) is 0 Å². The van der Waals surface area contributed by atoms with Gasteiger partial charge in [0.1, 0.15) is 5.75 Å². The molecule has 9 rings (SSSR count). The first kappa shape index (κ1) is 24.0. The third-order valence-corrected chi connectivity index (χ3v) is 10.4. The number of benzene rings is 6. The molecule has 2 heteroatoms. The summed E-state index contributed by atoms with van der Waals surface area (Å²) >= 11 is 1.88. The Balaban J connectivity index is 1.12. The van der Waals surface area contributed by atoms with Gasteiger partial charge < -0.3 is 4.74 Å². The lowest BCUT2D eigenvalue weighted by molar-refractivity contribution is 0.326. The summed E-state index contributed by atoms with van der Waals surface area (Å²) in [7, 11) is 0. The van der Waals surface area contributed by atoms with Crippen LogP contribution in [0, 0.1) is 0 Å². The van der Waals surface area contributed by atoms with Gasteiger partial charge in [-0.25, -0.2) is 0 Å². The van der Waals surface area contributed by atoms with Crippen molar-refractivity contribution in [2.24, 2.45) is 0 Å². The molecule has 0 N–H and O–H groups in total. The predicted octanol–water partition coefficient (Wildman–Crippen LogP) is 10.7. The van der Waals surface area contributed by atoms with E-state index in [9.17, 15) is 0 Å². The minimum absolute atomic E-state index is 0.356. The molecule has 0 bridgehead atoms. The molecule has 0 radical (unpaired) electrons. The summed E-state index contributed by atoms with van der Waals surface area (Å²) in [5.41, 5.74) is 13.4. The van der Waals surface area contributed by atoms with E-state index in [2.05, 4.69) is 127 Å². The topological polar surface area (TPSA) is 9.23 Å². The smallest absolute Gasteiger partial charge is 0.127 e. The van der Waals surface area contributed by atoms with Crippen LogP contribution in [0.3, 0.4) is 0 Å². The standard InChI is InChI=1S/C40H28OS/c1-2-9-29-25(8-1)23-37(33-11-4-3-10-32(29)33)26-16-18-30-28(22-26)20-21-41-38-24-27(17-19-34(30)38)31-13-7-14-36-35-12-5-6-15-39(35)42-40(31)36/h1-19,22,24,37H,20-21,23H2. The molecular weight excluding hydrogens is 529 g/mol. The zero-order valence-electron chi connectivity index (χ0n) is 23.1. The fourth-order valence-electron chi connectivity index (χ4n) is 7.21. The van der Waals surface area contributed by atoms with Gasteiger partial charge in [0.25, 0.3) is 0 Å². The molecule has 0 spiro atoms. The lowest BCUT2D eigenvalue weighted by Crippen LogP contribution is -2.13. The highest BCUT2D eigenvalue weighted by molar-refractivity contribution is 7.26. The molecule has 0 fully saturated rings. The lowest BCUT2D eigenvalue weighted by atomic mass is 9.75. The fourth-order valence-corrected chi connectivity index (χ4v) is 8.45. The molecule has 1 atom stereocenters. The summed E-state index contributed by atoms with van der Waals surface area (Å²) in [6.07, 6.45) is 1.94. The first-order chi connectivity index (χ1) is 20.8. The largest absolute Gasteiger partial charge is 0.493 e. The Morgan fingerprint density at radius 3 is 2.31 bits per heavy atom. The molecule has 1 aliphatic carbocycles. The molecule has 42 heavy (non-hydrogen) atoms. The van der Waals surface area contributed by atoms with Gasteiger partial charge in [-0.2, -0.15) is 0 Å². The fraction of sp³-hybridized carbons (Fsp3) is 0.100. The number of thiophene rings is 1. The summed E-state index contributed by atoms with van der Waals surface area (Å²) in [5, 5.41) is 2.66. The summed E-state index contributed by atoms with van der Waals surface area (Å²) in [6, 6.07) is 47.2. The number of hydrogen-bond acceptors (Lipinski definition) is 2. The number of fused-ring (bicyclic) bond motifs is 9. The van der Waals surface area contributed by atoms with Gasteiger partial charge in [-0.3, -0.25) is 0 Å². The molecule has 0 amide bonds. The SMILES string of the molecule is c1ccc2c(c1)CC(c1ccc3c(c1)CCOc1cc(-c4cccc5c4sc4ccccc45)ccc1-3)c1ccccc1-2. The van der Waals surface area contributed by atoms with E-state index in [1.165, 1.54) is 75.8 Å². The van der Waals surface area contributed by atoms with Gasteiger partial charge in [0.15, 0.2) is 0 Å². The van der Waals surface area contributed by atoms with Crippen molar-refractivity contribution in [3.05, 3.63) is 150 Å². The lowest BCUT2D eigenvalue weighted by Gasteiger charge is -2.29. The van der Waals surface area contributed by atoms with Crippen LogP contribution in [-0.4, -0.2) is 6.61 Å². The van der Waals surface area contributed by atoms with E-state index in [1.807, 2.05) is 11.3 Å². The van der Waals surface area contributed by atoms with E-state index in [0.29, 0.717) is 12.5 Å².